The van der Waals surface area contributed by atoms with Gasteiger partial charge in [-0.15, -0.1) is 5.11 Å². The molecule has 1 aliphatic heterocycles. The molecule has 10 heteroatoms. The Hall–Kier alpha value is -3.92. The SMILES string of the molecule is Cc1cc(OC(CC(C)C)c2ccc(C(=O)NC3N=NNN3)cc2)cc(C)c1-c1ccc(C(F)(F)F)cc1. The summed E-state index contributed by atoms with van der Waals surface area (Å²) in [6.07, 6.45) is -4.50. The molecule has 4 rings (SSSR count). The van der Waals surface area contributed by atoms with Crippen LogP contribution in [0.4, 0.5) is 13.2 Å². The maximum absolute atomic E-state index is 13.0. The van der Waals surface area contributed by atoms with Gasteiger partial charge in [0.2, 0.25) is 6.29 Å². The van der Waals surface area contributed by atoms with Crippen molar-refractivity contribution in [3.63, 3.8) is 0 Å². The minimum absolute atomic E-state index is 0.252. The molecule has 1 heterocycles. The summed E-state index contributed by atoms with van der Waals surface area (Å²) < 4.78 is 45.4. The summed E-state index contributed by atoms with van der Waals surface area (Å²) in [6, 6.07) is 16.3. The Morgan fingerprint density at radius 3 is 2.18 bits per heavy atom. The first-order valence-corrected chi connectivity index (χ1v) is 12.3. The molecule has 0 aliphatic carbocycles. The van der Waals surface area contributed by atoms with Gasteiger partial charge in [-0.2, -0.15) is 18.6 Å². The fourth-order valence-corrected chi connectivity index (χ4v) is 4.44. The van der Waals surface area contributed by atoms with Gasteiger partial charge in [0.25, 0.3) is 5.91 Å². The van der Waals surface area contributed by atoms with E-state index in [1.165, 1.54) is 12.1 Å². The predicted molar refractivity (Wildman–Crippen MR) is 138 cm³/mol. The first-order valence-electron chi connectivity index (χ1n) is 12.3. The van der Waals surface area contributed by atoms with Gasteiger partial charge in [-0.05, 0) is 90.4 Å². The number of carbonyl (C=O) groups excluding carboxylic acids is 1. The van der Waals surface area contributed by atoms with E-state index in [0.717, 1.165) is 46.4 Å². The standard InChI is InChI=1S/C28H30F3N5O2/c1-16(2)13-24(19-5-7-21(8-6-19)26(37)32-27-33-35-36-34-27)38-23-14-17(3)25(18(4)15-23)20-9-11-22(12-10-20)28(29,30)31/h5-12,14-16,24,27H,13H2,1-4H3,(H,32,37)(H,33,36)(H,34,35). The number of ether oxygens (including phenoxy) is 1. The maximum Gasteiger partial charge on any atom is 0.416 e. The van der Waals surface area contributed by atoms with E-state index in [2.05, 4.69) is 40.5 Å². The molecule has 0 saturated carbocycles. The van der Waals surface area contributed by atoms with Crippen LogP contribution in [0.2, 0.25) is 0 Å². The van der Waals surface area contributed by atoms with E-state index in [-0.39, 0.29) is 12.0 Å². The Morgan fingerprint density at radius 2 is 1.66 bits per heavy atom. The van der Waals surface area contributed by atoms with E-state index in [4.69, 9.17) is 4.74 Å². The Morgan fingerprint density at radius 1 is 1.03 bits per heavy atom. The number of hydrogen-bond donors (Lipinski definition) is 3. The number of nitrogens with zero attached hydrogens (tertiary/aromatic N) is 2. The molecule has 7 nitrogen and oxygen atoms in total. The van der Waals surface area contributed by atoms with Gasteiger partial charge in [0.1, 0.15) is 11.9 Å². The number of alkyl halides is 3. The number of amides is 1. The minimum atomic E-state index is -4.37. The summed E-state index contributed by atoms with van der Waals surface area (Å²) >= 11 is 0. The van der Waals surface area contributed by atoms with Crippen LogP contribution in [0, 0.1) is 19.8 Å². The molecule has 0 spiro atoms. The second-order valence-corrected chi connectivity index (χ2v) is 9.71. The third-order valence-corrected chi connectivity index (χ3v) is 6.21. The van der Waals surface area contributed by atoms with Crippen molar-refractivity contribution in [2.75, 3.05) is 0 Å². The molecule has 0 bridgehead atoms. The van der Waals surface area contributed by atoms with E-state index in [1.807, 2.05) is 38.1 Å². The lowest BCUT2D eigenvalue weighted by Crippen LogP contribution is -2.44. The molecule has 0 fully saturated rings. The van der Waals surface area contributed by atoms with Crippen molar-refractivity contribution in [3.05, 3.63) is 88.5 Å². The number of hydrogen-bond acceptors (Lipinski definition) is 6. The maximum atomic E-state index is 13.0. The largest absolute Gasteiger partial charge is 0.486 e. The third kappa shape index (κ3) is 6.49. The molecule has 0 radical (unpaired) electrons. The van der Waals surface area contributed by atoms with Gasteiger partial charge in [0.15, 0.2) is 0 Å². The minimum Gasteiger partial charge on any atom is -0.486 e. The van der Waals surface area contributed by atoms with Gasteiger partial charge < -0.3 is 10.1 Å². The molecule has 2 unspecified atom stereocenters. The highest BCUT2D eigenvalue weighted by atomic mass is 19.4. The van der Waals surface area contributed by atoms with E-state index in [9.17, 15) is 18.0 Å². The van der Waals surface area contributed by atoms with Crippen molar-refractivity contribution in [1.29, 1.82) is 0 Å². The van der Waals surface area contributed by atoms with Crippen molar-refractivity contribution in [1.82, 2.24) is 16.3 Å². The fraction of sp³-hybridized carbons (Fsp3) is 0.321. The first kappa shape index (κ1) is 27.1. The van der Waals surface area contributed by atoms with Gasteiger partial charge in [0, 0.05) is 5.56 Å². The van der Waals surface area contributed by atoms with E-state index in [1.54, 1.807) is 12.1 Å². The number of carbonyl (C=O) groups is 1. The van der Waals surface area contributed by atoms with Crippen LogP contribution in [0.3, 0.4) is 0 Å². The van der Waals surface area contributed by atoms with E-state index < -0.39 is 18.0 Å². The Bertz CT molecular complexity index is 1280. The predicted octanol–water partition coefficient (Wildman–Crippen LogP) is 6.64. The van der Waals surface area contributed by atoms with Crippen LogP contribution < -0.4 is 21.0 Å². The summed E-state index contributed by atoms with van der Waals surface area (Å²) in [7, 11) is 0. The van der Waals surface area contributed by atoms with Crippen LogP contribution in [0.25, 0.3) is 11.1 Å². The Balaban J connectivity index is 1.53. The molecule has 3 N–H and O–H groups in total. The van der Waals surface area contributed by atoms with Crippen LogP contribution in [0.15, 0.2) is 71.0 Å². The van der Waals surface area contributed by atoms with Crippen molar-refractivity contribution in [2.45, 2.75) is 52.7 Å². The Labute approximate surface area is 219 Å². The van der Waals surface area contributed by atoms with Crippen molar-refractivity contribution < 1.29 is 22.7 Å². The van der Waals surface area contributed by atoms with Gasteiger partial charge in [-0.3, -0.25) is 4.79 Å². The zero-order chi connectivity index (χ0) is 27.4. The zero-order valence-corrected chi connectivity index (χ0v) is 21.6. The highest BCUT2D eigenvalue weighted by Gasteiger charge is 2.30. The van der Waals surface area contributed by atoms with Crippen LogP contribution >= 0.6 is 0 Å². The fourth-order valence-electron chi connectivity index (χ4n) is 4.44. The highest BCUT2D eigenvalue weighted by molar-refractivity contribution is 5.94. The lowest BCUT2D eigenvalue weighted by Gasteiger charge is -2.23. The van der Waals surface area contributed by atoms with Crippen molar-refractivity contribution >= 4 is 5.91 Å². The number of halogens is 3. The average Bonchev–Trinajstić information content (AvgIpc) is 3.36. The normalized spacial score (nSPS) is 15.8. The summed E-state index contributed by atoms with van der Waals surface area (Å²) in [4.78, 5) is 12.5. The molecule has 38 heavy (non-hydrogen) atoms. The van der Waals surface area contributed by atoms with Crippen molar-refractivity contribution in [3.8, 4) is 16.9 Å². The first-order chi connectivity index (χ1) is 18.0. The number of hydrazine groups is 1. The molecule has 3 aromatic rings. The smallest absolute Gasteiger partial charge is 0.416 e. The summed E-state index contributed by atoms with van der Waals surface area (Å²) in [6.45, 7) is 8.07. The monoisotopic (exact) mass is 525 g/mol. The Kier molecular flexibility index (Phi) is 8.01. The molecule has 200 valence electrons. The summed E-state index contributed by atoms with van der Waals surface area (Å²) in [5.74, 6) is 0.735. The quantitative estimate of drug-likeness (QED) is 0.308. The van der Waals surface area contributed by atoms with Crippen LogP contribution in [-0.2, 0) is 6.18 Å². The second-order valence-electron chi connectivity index (χ2n) is 9.71. The lowest BCUT2D eigenvalue weighted by atomic mass is 9.94. The topological polar surface area (TPSA) is 87.1 Å². The van der Waals surface area contributed by atoms with E-state index >= 15 is 0 Å². The lowest BCUT2D eigenvalue weighted by molar-refractivity contribution is -0.137. The average molecular weight is 526 g/mol. The summed E-state index contributed by atoms with van der Waals surface area (Å²) in [5, 5.41) is 10.0. The molecule has 3 aromatic carbocycles. The summed E-state index contributed by atoms with van der Waals surface area (Å²) in [5.41, 5.74) is 9.29. The van der Waals surface area contributed by atoms with Gasteiger partial charge >= 0.3 is 6.18 Å². The molecule has 0 saturated heterocycles. The van der Waals surface area contributed by atoms with Crippen LogP contribution in [0.1, 0.15) is 59.0 Å². The number of nitrogens with one attached hydrogen (secondary N) is 3. The van der Waals surface area contributed by atoms with Gasteiger partial charge in [0.05, 0.1) is 5.56 Å². The second kappa shape index (κ2) is 11.2. The number of rotatable bonds is 8. The van der Waals surface area contributed by atoms with Gasteiger partial charge in [-0.1, -0.05) is 43.3 Å². The molecule has 1 aliphatic rings. The van der Waals surface area contributed by atoms with Gasteiger partial charge in [-0.25, -0.2) is 5.53 Å². The van der Waals surface area contributed by atoms with Crippen molar-refractivity contribution in [2.24, 2.45) is 16.3 Å². The molecular weight excluding hydrogens is 495 g/mol. The molecule has 2 atom stereocenters. The number of aryl methyl sites for hydroxylation is 2. The van der Waals surface area contributed by atoms with Crippen LogP contribution in [-0.4, -0.2) is 12.2 Å². The molecule has 1 amide bonds. The molecule has 0 aromatic heterocycles. The van der Waals surface area contributed by atoms with Crippen LogP contribution in [0.5, 0.6) is 5.75 Å². The third-order valence-electron chi connectivity index (χ3n) is 6.21. The number of benzene rings is 3. The zero-order valence-electron chi connectivity index (χ0n) is 21.6. The van der Waals surface area contributed by atoms with E-state index in [0.29, 0.717) is 17.2 Å². The molecular formula is C28H30F3N5O2. The highest BCUT2D eigenvalue weighted by Crippen LogP contribution is 2.36.